The number of aromatic nitrogens is 1. The lowest BCUT2D eigenvalue weighted by Crippen LogP contribution is -2.21. The summed E-state index contributed by atoms with van der Waals surface area (Å²) in [5.74, 6) is 0.625. The summed E-state index contributed by atoms with van der Waals surface area (Å²) in [7, 11) is 0. The average Bonchev–Trinajstić information content (AvgIpc) is 3.02. The van der Waals surface area contributed by atoms with Gasteiger partial charge in [-0.1, -0.05) is 36.4 Å². The molecular formula is C17H18N2O2. The van der Waals surface area contributed by atoms with Crippen LogP contribution in [0.15, 0.2) is 48.7 Å². The number of hydrogen-bond donors (Lipinski definition) is 0. The molecule has 1 aromatic carbocycles. The Labute approximate surface area is 124 Å². The summed E-state index contributed by atoms with van der Waals surface area (Å²) in [4.78, 5) is 17.3. The molecule has 0 radical (unpaired) electrons. The Hall–Kier alpha value is -2.36. The molecular weight excluding hydrogens is 264 g/mol. The van der Waals surface area contributed by atoms with Crippen LogP contribution in [0.1, 0.15) is 30.0 Å². The average molecular weight is 282 g/mol. The molecule has 0 aliphatic carbocycles. The van der Waals surface area contributed by atoms with Gasteiger partial charge in [0.2, 0.25) is 12.3 Å². The number of nitrogens with zero attached hydrogens (tertiary/aromatic N) is 2. The highest BCUT2D eigenvalue weighted by atomic mass is 16.5. The number of likely N-dealkylation sites (tertiary alicyclic amines) is 1. The van der Waals surface area contributed by atoms with Crippen molar-refractivity contribution >= 4 is 6.41 Å². The molecule has 4 nitrogen and oxygen atoms in total. The normalized spacial score (nSPS) is 17.7. The van der Waals surface area contributed by atoms with Crippen LogP contribution in [0.2, 0.25) is 0 Å². The van der Waals surface area contributed by atoms with Gasteiger partial charge in [0.25, 0.3) is 0 Å². The third-order valence-electron chi connectivity index (χ3n) is 3.81. The van der Waals surface area contributed by atoms with E-state index in [1.165, 1.54) is 0 Å². The number of carbonyl (C=O) groups excluding carboxylic acids is 1. The predicted octanol–water partition coefficient (Wildman–Crippen LogP) is 2.95. The van der Waals surface area contributed by atoms with Crippen molar-refractivity contribution in [1.82, 2.24) is 9.88 Å². The van der Waals surface area contributed by atoms with E-state index in [2.05, 4.69) is 4.98 Å². The van der Waals surface area contributed by atoms with Gasteiger partial charge in [-0.05, 0) is 24.5 Å². The van der Waals surface area contributed by atoms with Crippen LogP contribution in [0.3, 0.4) is 0 Å². The number of hydrogen-bond acceptors (Lipinski definition) is 3. The van der Waals surface area contributed by atoms with Gasteiger partial charge >= 0.3 is 0 Å². The lowest BCUT2D eigenvalue weighted by Gasteiger charge is -2.22. The van der Waals surface area contributed by atoms with E-state index in [1.54, 1.807) is 6.20 Å². The standard InChI is InChI=1S/C17H18N2O2/c20-13-19-11-5-9-16(19)15-8-4-10-18-17(15)21-12-14-6-2-1-3-7-14/h1-4,6-8,10,13,16H,5,9,11-12H2/t16-/m0/s1. The van der Waals surface area contributed by atoms with Crippen molar-refractivity contribution in [1.29, 1.82) is 0 Å². The quantitative estimate of drug-likeness (QED) is 0.792. The van der Waals surface area contributed by atoms with E-state index < -0.39 is 0 Å². The molecule has 2 aromatic rings. The van der Waals surface area contributed by atoms with Crippen molar-refractivity contribution in [3.63, 3.8) is 0 Å². The minimum absolute atomic E-state index is 0.0852. The second kappa shape index (κ2) is 6.39. The fourth-order valence-corrected chi connectivity index (χ4v) is 2.75. The molecule has 2 heterocycles. The number of rotatable bonds is 5. The van der Waals surface area contributed by atoms with Crippen molar-refractivity contribution < 1.29 is 9.53 Å². The van der Waals surface area contributed by atoms with Gasteiger partial charge in [0.1, 0.15) is 6.61 Å². The molecule has 108 valence electrons. The van der Waals surface area contributed by atoms with Crippen molar-refractivity contribution in [2.45, 2.75) is 25.5 Å². The molecule has 1 aliphatic heterocycles. The summed E-state index contributed by atoms with van der Waals surface area (Å²) in [6.45, 7) is 1.29. The summed E-state index contributed by atoms with van der Waals surface area (Å²) in [5, 5.41) is 0. The summed E-state index contributed by atoms with van der Waals surface area (Å²) in [6.07, 6.45) is 4.64. The number of carbonyl (C=O) groups is 1. The Bertz CT molecular complexity index is 601. The van der Waals surface area contributed by atoms with Crippen LogP contribution in [0.4, 0.5) is 0 Å². The zero-order chi connectivity index (χ0) is 14.5. The molecule has 0 unspecified atom stereocenters. The van der Waals surface area contributed by atoms with Gasteiger partial charge in [-0.25, -0.2) is 4.98 Å². The molecule has 21 heavy (non-hydrogen) atoms. The highest BCUT2D eigenvalue weighted by molar-refractivity contribution is 5.50. The van der Waals surface area contributed by atoms with E-state index in [0.717, 1.165) is 36.9 Å². The Kier molecular flexibility index (Phi) is 4.15. The van der Waals surface area contributed by atoms with Crippen molar-refractivity contribution in [3.05, 3.63) is 59.8 Å². The van der Waals surface area contributed by atoms with E-state index in [9.17, 15) is 4.79 Å². The van der Waals surface area contributed by atoms with Gasteiger partial charge in [0, 0.05) is 18.3 Å². The topological polar surface area (TPSA) is 42.4 Å². The van der Waals surface area contributed by atoms with E-state index in [0.29, 0.717) is 12.5 Å². The first-order valence-electron chi connectivity index (χ1n) is 7.21. The Morgan fingerprint density at radius 1 is 1.24 bits per heavy atom. The third kappa shape index (κ3) is 3.05. The zero-order valence-corrected chi connectivity index (χ0v) is 11.8. The maximum atomic E-state index is 11.1. The molecule has 0 bridgehead atoms. The first-order valence-corrected chi connectivity index (χ1v) is 7.21. The second-order valence-electron chi connectivity index (χ2n) is 5.17. The monoisotopic (exact) mass is 282 g/mol. The Morgan fingerprint density at radius 2 is 2.10 bits per heavy atom. The molecule has 1 aliphatic rings. The fraction of sp³-hybridized carbons (Fsp3) is 0.294. The molecule has 1 aromatic heterocycles. The van der Waals surface area contributed by atoms with Gasteiger partial charge < -0.3 is 9.64 Å². The van der Waals surface area contributed by atoms with E-state index in [1.807, 2.05) is 47.4 Å². The summed E-state index contributed by atoms with van der Waals surface area (Å²) >= 11 is 0. The van der Waals surface area contributed by atoms with Gasteiger partial charge in [0.05, 0.1) is 6.04 Å². The first kappa shape index (κ1) is 13.6. The second-order valence-corrected chi connectivity index (χ2v) is 5.17. The smallest absolute Gasteiger partial charge is 0.218 e. The number of amides is 1. The van der Waals surface area contributed by atoms with Crippen molar-refractivity contribution in [3.8, 4) is 5.88 Å². The van der Waals surface area contributed by atoms with Crippen LogP contribution in [0, 0.1) is 0 Å². The summed E-state index contributed by atoms with van der Waals surface area (Å²) in [6, 6.07) is 14.0. The lowest BCUT2D eigenvalue weighted by molar-refractivity contribution is -0.118. The van der Waals surface area contributed by atoms with Crippen molar-refractivity contribution in [2.75, 3.05) is 6.54 Å². The SMILES string of the molecule is O=CN1CCC[C@H]1c1cccnc1OCc1ccccc1. The molecule has 4 heteroatoms. The van der Waals surface area contributed by atoms with Crippen LogP contribution in [-0.2, 0) is 11.4 Å². The van der Waals surface area contributed by atoms with Crippen LogP contribution >= 0.6 is 0 Å². The van der Waals surface area contributed by atoms with Crippen molar-refractivity contribution in [2.24, 2.45) is 0 Å². The first-order chi connectivity index (χ1) is 10.4. The lowest BCUT2D eigenvalue weighted by atomic mass is 10.1. The highest BCUT2D eigenvalue weighted by Crippen LogP contribution is 2.35. The molecule has 0 N–H and O–H groups in total. The van der Waals surface area contributed by atoms with Gasteiger partial charge in [-0.15, -0.1) is 0 Å². The third-order valence-corrected chi connectivity index (χ3v) is 3.81. The molecule has 1 atom stereocenters. The number of benzene rings is 1. The van der Waals surface area contributed by atoms with Gasteiger partial charge in [-0.2, -0.15) is 0 Å². The predicted molar refractivity (Wildman–Crippen MR) is 79.8 cm³/mol. The fourth-order valence-electron chi connectivity index (χ4n) is 2.75. The van der Waals surface area contributed by atoms with E-state index in [-0.39, 0.29) is 6.04 Å². The van der Waals surface area contributed by atoms with Gasteiger partial charge in [-0.3, -0.25) is 4.79 Å². The number of ether oxygens (including phenoxy) is 1. The van der Waals surface area contributed by atoms with Crippen LogP contribution in [0.5, 0.6) is 5.88 Å². The van der Waals surface area contributed by atoms with Gasteiger partial charge in [0.15, 0.2) is 0 Å². The summed E-state index contributed by atoms with van der Waals surface area (Å²) in [5.41, 5.74) is 2.10. The molecule has 1 saturated heterocycles. The van der Waals surface area contributed by atoms with E-state index >= 15 is 0 Å². The highest BCUT2D eigenvalue weighted by Gasteiger charge is 2.27. The minimum Gasteiger partial charge on any atom is -0.473 e. The molecule has 3 rings (SSSR count). The molecule has 1 amide bonds. The molecule has 1 fully saturated rings. The maximum Gasteiger partial charge on any atom is 0.218 e. The zero-order valence-electron chi connectivity index (χ0n) is 11.8. The number of pyridine rings is 1. The largest absolute Gasteiger partial charge is 0.473 e. The minimum atomic E-state index is 0.0852. The molecule has 0 spiro atoms. The Balaban J connectivity index is 1.78. The maximum absolute atomic E-state index is 11.1. The molecule has 0 saturated carbocycles. The Morgan fingerprint density at radius 3 is 2.90 bits per heavy atom. The van der Waals surface area contributed by atoms with Crippen LogP contribution < -0.4 is 4.74 Å². The van der Waals surface area contributed by atoms with Crippen LogP contribution in [-0.4, -0.2) is 22.8 Å². The summed E-state index contributed by atoms with van der Waals surface area (Å²) < 4.78 is 5.87. The van der Waals surface area contributed by atoms with Crippen LogP contribution in [0.25, 0.3) is 0 Å². The van der Waals surface area contributed by atoms with E-state index in [4.69, 9.17) is 4.74 Å².